The molecule has 0 atom stereocenters. The second kappa shape index (κ2) is 14.1. The van der Waals surface area contributed by atoms with Crippen LogP contribution >= 0.6 is 11.8 Å². The molecule has 0 bridgehead atoms. The van der Waals surface area contributed by atoms with Crippen molar-refractivity contribution in [2.45, 2.75) is 15.2 Å². The van der Waals surface area contributed by atoms with E-state index in [1.54, 1.807) is 0 Å². The van der Waals surface area contributed by atoms with Gasteiger partial charge in [0.15, 0.2) is 0 Å². The normalized spacial score (nSPS) is 13.1. The van der Waals surface area contributed by atoms with E-state index in [1.165, 1.54) is 43.2 Å². The molecular weight excluding hydrogens is 787 g/mol. The Morgan fingerprint density at radius 3 is 1.56 bits per heavy atom. The minimum atomic E-state index is -0.527. The van der Waals surface area contributed by atoms with Crippen molar-refractivity contribution in [3.8, 4) is 44.7 Å². The lowest BCUT2D eigenvalue weighted by atomic mass is 9.67. The van der Waals surface area contributed by atoms with Crippen molar-refractivity contribution in [1.82, 2.24) is 0 Å². The fourth-order valence-corrected chi connectivity index (χ4v) is 11.5. The molecule has 0 fully saturated rings. The molecule has 1 spiro atoms. The van der Waals surface area contributed by atoms with Gasteiger partial charge in [-0.2, -0.15) is 0 Å². The molecule has 1 aliphatic carbocycles. The second-order valence-corrected chi connectivity index (χ2v) is 17.4. The number of benzene rings is 9. The van der Waals surface area contributed by atoms with Crippen LogP contribution in [0.15, 0.2) is 243 Å². The number of anilines is 3. The predicted molar refractivity (Wildman–Crippen MR) is 258 cm³/mol. The van der Waals surface area contributed by atoms with Crippen LogP contribution in [0.2, 0.25) is 0 Å². The highest BCUT2D eigenvalue weighted by molar-refractivity contribution is 7.99. The Morgan fingerprint density at radius 2 is 0.873 bits per heavy atom. The Bertz CT molecular complexity index is 3500. The van der Waals surface area contributed by atoms with Crippen molar-refractivity contribution in [2.24, 2.45) is 0 Å². The smallest absolute Gasteiger partial charge is 0.213 e. The second-order valence-electron chi connectivity index (χ2n) is 16.3. The molecule has 0 amide bonds. The van der Waals surface area contributed by atoms with E-state index in [1.807, 2.05) is 23.9 Å². The van der Waals surface area contributed by atoms with Gasteiger partial charge in [-0.05, 0) is 105 Å². The molecule has 11 aromatic rings. The Morgan fingerprint density at radius 1 is 0.365 bits per heavy atom. The third kappa shape index (κ3) is 5.35. The van der Waals surface area contributed by atoms with Gasteiger partial charge in [0, 0.05) is 43.1 Å². The summed E-state index contributed by atoms with van der Waals surface area (Å²) in [6.45, 7) is 0. The first kappa shape index (κ1) is 35.9. The highest BCUT2D eigenvalue weighted by Gasteiger charge is 2.50. The Labute approximate surface area is 369 Å². The predicted octanol–water partition coefficient (Wildman–Crippen LogP) is 16.5. The molecule has 0 N–H and O–H groups in total. The van der Waals surface area contributed by atoms with Crippen LogP contribution < -0.4 is 4.90 Å². The topological polar surface area (TPSA) is 29.5 Å². The minimum Gasteiger partial charge on any atom is -0.455 e. The van der Waals surface area contributed by atoms with Gasteiger partial charge in [-0.3, -0.25) is 4.90 Å². The van der Waals surface area contributed by atoms with E-state index in [9.17, 15) is 0 Å². The van der Waals surface area contributed by atoms with E-state index in [2.05, 4.69) is 217 Å². The molecular formula is C59H37NO2S. The third-order valence-electron chi connectivity index (χ3n) is 13.0. The van der Waals surface area contributed by atoms with Crippen LogP contribution in [0.4, 0.5) is 17.3 Å². The summed E-state index contributed by atoms with van der Waals surface area (Å²) >= 11 is 1.87. The summed E-state index contributed by atoms with van der Waals surface area (Å²) in [6, 6.07) is 80.6. The van der Waals surface area contributed by atoms with Crippen molar-refractivity contribution in [3.05, 3.63) is 247 Å². The zero-order valence-corrected chi connectivity index (χ0v) is 34.9. The summed E-state index contributed by atoms with van der Waals surface area (Å²) in [5.74, 6) is 1.60. The molecule has 296 valence electrons. The first-order chi connectivity index (χ1) is 31.3. The third-order valence-corrected chi connectivity index (χ3v) is 14.1. The Balaban J connectivity index is 1.07. The standard InChI is InChI=1S/C59H37NO2S/c1-3-17-38(18-4-1)55-45-22-8-13-27-51(45)61-57(55)40-31-33-41(34-32-40)60(58-56(39-19-5-2-6-20-39)46-23-9-14-28-52(46)62-58)42-35-36-44-43-21-7-10-24-47(43)59(50(44)37-42)48-25-11-15-29-53(48)63-54-30-16-12-26-49(54)59/h1-37H. The number of hydrogen-bond acceptors (Lipinski definition) is 4. The summed E-state index contributed by atoms with van der Waals surface area (Å²) < 4.78 is 13.8. The van der Waals surface area contributed by atoms with Crippen LogP contribution in [0.1, 0.15) is 22.3 Å². The van der Waals surface area contributed by atoms with Crippen LogP contribution in [0.3, 0.4) is 0 Å². The summed E-state index contributed by atoms with van der Waals surface area (Å²) in [4.78, 5) is 4.87. The van der Waals surface area contributed by atoms with E-state index >= 15 is 0 Å². The van der Waals surface area contributed by atoms with Crippen molar-refractivity contribution in [1.29, 1.82) is 0 Å². The molecule has 13 rings (SSSR count). The van der Waals surface area contributed by atoms with Crippen LogP contribution in [0.25, 0.3) is 66.6 Å². The molecule has 0 saturated carbocycles. The fourth-order valence-electron chi connectivity index (χ4n) is 10.3. The largest absolute Gasteiger partial charge is 0.455 e. The van der Waals surface area contributed by atoms with Gasteiger partial charge in [-0.1, -0.05) is 176 Å². The van der Waals surface area contributed by atoms with Gasteiger partial charge in [0.25, 0.3) is 0 Å². The molecule has 63 heavy (non-hydrogen) atoms. The van der Waals surface area contributed by atoms with Crippen LogP contribution in [-0.2, 0) is 5.41 Å². The lowest BCUT2D eigenvalue weighted by molar-refractivity contribution is 0.621. The Hall–Kier alpha value is -7.79. The zero-order valence-electron chi connectivity index (χ0n) is 34.0. The molecule has 1 aliphatic heterocycles. The summed E-state index contributed by atoms with van der Waals surface area (Å²) in [6.07, 6.45) is 0. The lowest BCUT2D eigenvalue weighted by Crippen LogP contribution is -2.32. The average molecular weight is 824 g/mol. The van der Waals surface area contributed by atoms with Gasteiger partial charge < -0.3 is 8.83 Å². The fraction of sp³-hybridized carbons (Fsp3) is 0.0169. The number of furan rings is 2. The first-order valence-corrected chi connectivity index (χ1v) is 22.2. The molecule has 0 unspecified atom stereocenters. The maximum Gasteiger partial charge on any atom is 0.213 e. The lowest BCUT2D eigenvalue weighted by Gasteiger charge is -2.40. The van der Waals surface area contributed by atoms with E-state index in [4.69, 9.17) is 8.83 Å². The van der Waals surface area contributed by atoms with Gasteiger partial charge in [0.2, 0.25) is 5.88 Å². The summed E-state index contributed by atoms with van der Waals surface area (Å²) in [5.41, 5.74) is 16.2. The quantitative estimate of drug-likeness (QED) is 0.167. The van der Waals surface area contributed by atoms with Gasteiger partial charge in [0.1, 0.15) is 16.9 Å². The molecule has 2 aromatic heterocycles. The molecule has 0 radical (unpaired) electrons. The number of rotatable bonds is 6. The van der Waals surface area contributed by atoms with Gasteiger partial charge in [-0.25, -0.2) is 0 Å². The minimum absolute atomic E-state index is 0.527. The SMILES string of the molecule is c1ccc(-c2c(-c3ccc(N(c4ccc5c(c4)C4(c6ccccc6Sc6ccccc64)c4ccccc4-5)c4oc5ccccc5c4-c4ccccc4)cc3)oc3ccccc23)cc1. The van der Waals surface area contributed by atoms with E-state index in [0.29, 0.717) is 0 Å². The van der Waals surface area contributed by atoms with Crippen molar-refractivity contribution in [3.63, 3.8) is 0 Å². The van der Waals surface area contributed by atoms with E-state index < -0.39 is 5.41 Å². The number of para-hydroxylation sites is 2. The summed E-state index contributed by atoms with van der Waals surface area (Å²) in [7, 11) is 0. The van der Waals surface area contributed by atoms with Crippen LogP contribution in [0, 0.1) is 0 Å². The Kier molecular flexibility index (Phi) is 8.06. The van der Waals surface area contributed by atoms with E-state index in [-0.39, 0.29) is 0 Å². The van der Waals surface area contributed by atoms with Crippen molar-refractivity contribution < 1.29 is 8.83 Å². The monoisotopic (exact) mass is 823 g/mol. The number of hydrogen-bond donors (Lipinski definition) is 0. The molecule has 4 heteroatoms. The van der Waals surface area contributed by atoms with Crippen LogP contribution in [-0.4, -0.2) is 0 Å². The first-order valence-electron chi connectivity index (χ1n) is 21.4. The molecule has 0 saturated heterocycles. The van der Waals surface area contributed by atoms with Gasteiger partial charge >= 0.3 is 0 Å². The highest BCUT2D eigenvalue weighted by Crippen LogP contribution is 2.63. The van der Waals surface area contributed by atoms with Crippen molar-refractivity contribution >= 4 is 51.0 Å². The molecule has 3 nitrogen and oxygen atoms in total. The molecule has 9 aromatic carbocycles. The zero-order chi connectivity index (χ0) is 41.5. The summed E-state index contributed by atoms with van der Waals surface area (Å²) in [5, 5.41) is 2.16. The van der Waals surface area contributed by atoms with Crippen LogP contribution in [0.5, 0.6) is 0 Å². The average Bonchev–Trinajstić information content (AvgIpc) is 4.02. The number of fused-ring (bicyclic) bond motifs is 11. The maximum absolute atomic E-state index is 7.09. The number of nitrogens with zero attached hydrogens (tertiary/aromatic N) is 1. The van der Waals surface area contributed by atoms with Gasteiger partial charge in [-0.15, -0.1) is 0 Å². The molecule has 2 aliphatic rings. The van der Waals surface area contributed by atoms with Crippen molar-refractivity contribution in [2.75, 3.05) is 4.90 Å². The highest BCUT2D eigenvalue weighted by atomic mass is 32.2. The molecule has 3 heterocycles. The van der Waals surface area contributed by atoms with E-state index in [0.717, 1.165) is 72.8 Å². The van der Waals surface area contributed by atoms with Gasteiger partial charge in [0.05, 0.1) is 11.0 Å². The maximum atomic E-state index is 7.09.